The molecule has 0 fully saturated rings. The third-order valence-electron chi connectivity index (χ3n) is 1.42. The summed E-state index contributed by atoms with van der Waals surface area (Å²) in [4.78, 5) is 10.6. The van der Waals surface area contributed by atoms with Crippen LogP contribution in [-0.2, 0) is 0 Å². The van der Waals surface area contributed by atoms with E-state index in [0.29, 0.717) is 18.1 Å². The Morgan fingerprint density at radius 1 is 1.75 bits per heavy atom. The molecule has 0 saturated heterocycles. The van der Waals surface area contributed by atoms with Gasteiger partial charge in [0.15, 0.2) is 5.82 Å². The zero-order chi connectivity index (χ0) is 9.14. The summed E-state index contributed by atoms with van der Waals surface area (Å²) in [6.07, 6.45) is 0. The van der Waals surface area contributed by atoms with Crippen LogP contribution >= 0.6 is 0 Å². The van der Waals surface area contributed by atoms with Gasteiger partial charge in [0.2, 0.25) is 0 Å². The van der Waals surface area contributed by atoms with Gasteiger partial charge in [-0.1, -0.05) is 5.16 Å². The zero-order valence-electron chi connectivity index (χ0n) is 6.92. The van der Waals surface area contributed by atoms with E-state index in [9.17, 15) is 4.79 Å². The lowest BCUT2D eigenvalue weighted by atomic mass is 10.2. The van der Waals surface area contributed by atoms with Crippen molar-refractivity contribution in [1.29, 1.82) is 0 Å². The SMILES string of the molecule is CCNc1noc(C)c1C(=O)O. The Kier molecular flexibility index (Phi) is 2.32. The monoisotopic (exact) mass is 170 g/mol. The summed E-state index contributed by atoms with van der Waals surface area (Å²) in [6, 6.07) is 0. The van der Waals surface area contributed by atoms with Crippen LogP contribution in [0.15, 0.2) is 4.52 Å². The Hall–Kier alpha value is -1.52. The number of aromatic nitrogens is 1. The number of nitrogens with one attached hydrogen (secondary N) is 1. The predicted octanol–water partition coefficient (Wildman–Crippen LogP) is 1.11. The van der Waals surface area contributed by atoms with Crippen molar-refractivity contribution in [2.24, 2.45) is 0 Å². The van der Waals surface area contributed by atoms with Crippen LogP contribution < -0.4 is 5.32 Å². The number of anilines is 1. The number of carbonyl (C=O) groups is 1. The van der Waals surface area contributed by atoms with Crippen molar-refractivity contribution in [3.05, 3.63) is 11.3 Å². The van der Waals surface area contributed by atoms with E-state index in [0.717, 1.165) is 0 Å². The molecule has 0 amide bonds. The Morgan fingerprint density at radius 3 is 2.92 bits per heavy atom. The minimum atomic E-state index is -1.02. The summed E-state index contributed by atoms with van der Waals surface area (Å²) in [6.45, 7) is 4.04. The van der Waals surface area contributed by atoms with Gasteiger partial charge in [-0.3, -0.25) is 0 Å². The van der Waals surface area contributed by atoms with Crippen molar-refractivity contribution in [1.82, 2.24) is 5.16 Å². The molecule has 1 rings (SSSR count). The van der Waals surface area contributed by atoms with Crippen LogP contribution in [0, 0.1) is 6.92 Å². The summed E-state index contributed by atoms with van der Waals surface area (Å²) < 4.78 is 4.72. The number of carboxylic acids is 1. The van der Waals surface area contributed by atoms with Crippen molar-refractivity contribution in [2.45, 2.75) is 13.8 Å². The predicted molar refractivity (Wildman–Crippen MR) is 42.4 cm³/mol. The minimum Gasteiger partial charge on any atom is -0.477 e. The number of rotatable bonds is 3. The maximum Gasteiger partial charge on any atom is 0.343 e. The second-order valence-corrected chi connectivity index (χ2v) is 2.30. The van der Waals surface area contributed by atoms with Gasteiger partial charge in [-0.15, -0.1) is 0 Å². The van der Waals surface area contributed by atoms with Gasteiger partial charge < -0.3 is 14.9 Å². The summed E-state index contributed by atoms with van der Waals surface area (Å²) in [5.74, 6) is -0.411. The third-order valence-corrected chi connectivity index (χ3v) is 1.42. The number of aryl methyl sites for hydroxylation is 1. The molecule has 5 heteroatoms. The smallest absolute Gasteiger partial charge is 0.343 e. The summed E-state index contributed by atoms with van der Waals surface area (Å²) in [5, 5.41) is 15.1. The topological polar surface area (TPSA) is 75.4 Å². The quantitative estimate of drug-likeness (QED) is 0.710. The molecule has 12 heavy (non-hydrogen) atoms. The van der Waals surface area contributed by atoms with Crippen LogP contribution in [0.5, 0.6) is 0 Å². The van der Waals surface area contributed by atoms with E-state index in [2.05, 4.69) is 10.5 Å². The fourth-order valence-corrected chi connectivity index (χ4v) is 0.912. The fourth-order valence-electron chi connectivity index (χ4n) is 0.912. The van der Waals surface area contributed by atoms with Gasteiger partial charge >= 0.3 is 5.97 Å². The van der Waals surface area contributed by atoms with Gasteiger partial charge in [0, 0.05) is 6.54 Å². The van der Waals surface area contributed by atoms with E-state index in [1.807, 2.05) is 6.92 Å². The number of nitrogens with zero attached hydrogens (tertiary/aromatic N) is 1. The van der Waals surface area contributed by atoms with Crippen LogP contribution in [0.1, 0.15) is 23.0 Å². The molecule has 0 aromatic carbocycles. The Balaban J connectivity index is 3.04. The van der Waals surface area contributed by atoms with Crippen LogP contribution in [0.3, 0.4) is 0 Å². The van der Waals surface area contributed by atoms with Crippen molar-refractivity contribution in [3.63, 3.8) is 0 Å². The van der Waals surface area contributed by atoms with Crippen molar-refractivity contribution in [2.75, 3.05) is 11.9 Å². The molecule has 5 nitrogen and oxygen atoms in total. The largest absolute Gasteiger partial charge is 0.477 e. The maximum absolute atomic E-state index is 10.6. The van der Waals surface area contributed by atoms with E-state index in [1.165, 1.54) is 0 Å². The summed E-state index contributed by atoms with van der Waals surface area (Å²) >= 11 is 0. The lowest BCUT2D eigenvalue weighted by Crippen LogP contribution is -2.04. The Labute approximate surface area is 69.4 Å². The average molecular weight is 170 g/mol. The second kappa shape index (κ2) is 3.25. The molecular formula is C7H10N2O3. The molecule has 1 aromatic rings. The highest BCUT2D eigenvalue weighted by molar-refractivity contribution is 5.94. The number of carboxylic acid groups (broad SMARTS) is 1. The van der Waals surface area contributed by atoms with Crippen LogP contribution in [0.25, 0.3) is 0 Å². The summed E-state index contributed by atoms with van der Waals surface area (Å²) in [5.41, 5.74) is 0.108. The van der Waals surface area contributed by atoms with Gasteiger partial charge in [0.1, 0.15) is 11.3 Å². The van der Waals surface area contributed by atoms with Crippen molar-refractivity contribution in [3.8, 4) is 0 Å². The normalized spacial score (nSPS) is 9.83. The number of aromatic carboxylic acids is 1. The molecule has 0 bridgehead atoms. The van der Waals surface area contributed by atoms with Gasteiger partial charge in [-0.25, -0.2) is 4.79 Å². The first kappa shape index (κ1) is 8.58. The molecule has 0 spiro atoms. The maximum atomic E-state index is 10.6. The first-order valence-corrected chi connectivity index (χ1v) is 3.60. The molecule has 0 aliphatic carbocycles. The van der Waals surface area contributed by atoms with Gasteiger partial charge in [-0.05, 0) is 13.8 Å². The van der Waals surface area contributed by atoms with E-state index in [4.69, 9.17) is 9.63 Å². The molecule has 1 heterocycles. The highest BCUT2D eigenvalue weighted by atomic mass is 16.5. The molecule has 0 atom stereocenters. The molecule has 0 aliphatic heterocycles. The van der Waals surface area contributed by atoms with Crippen LogP contribution in [-0.4, -0.2) is 22.8 Å². The molecule has 0 aliphatic rings. The summed E-state index contributed by atoms with van der Waals surface area (Å²) in [7, 11) is 0. The number of hydrogen-bond acceptors (Lipinski definition) is 4. The molecule has 0 radical (unpaired) electrons. The standard InChI is InChI=1S/C7H10N2O3/c1-3-8-6-5(7(10)11)4(2)12-9-6/h3H2,1-2H3,(H,8,9)(H,10,11). The Morgan fingerprint density at radius 2 is 2.42 bits per heavy atom. The minimum absolute atomic E-state index is 0.108. The van der Waals surface area contributed by atoms with E-state index in [1.54, 1.807) is 6.92 Å². The lowest BCUT2D eigenvalue weighted by Gasteiger charge is -1.96. The van der Waals surface area contributed by atoms with Gasteiger partial charge in [0.25, 0.3) is 0 Å². The average Bonchev–Trinajstić information content (AvgIpc) is 2.32. The highest BCUT2D eigenvalue weighted by Gasteiger charge is 2.18. The fraction of sp³-hybridized carbons (Fsp3) is 0.429. The molecule has 66 valence electrons. The van der Waals surface area contributed by atoms with Crippen LogP contribution in [0.4, 0.5) is 5.82 Å². The van der Waals surface area contributed by atoms with Gasteiger partial charge in [0.05, 0.1) is 0 Å². The third kappa shape index (κ3) is 1.39. The van der Waals surface area contributed by atoms with Crippen LogP contribution in [0.2, 0.25) is 0 Å². The van der Waals surface area contributed by atoms with E-state index in [-0.39, 0.29) is 5.56 Å². The van der Waals surface area contributed by atoms with Gasteiger partial charge in [-0.2, -0.15) is 0 Å². The lowest BCUT2D eigenvalue weighted by molar-refractivity contribution is 0.0696. The zero-order valence-corrected chi connectivity index (χ0v) is 6.92. The van der Waals surface area contributed by atoms with Crippen molar-refractivity contribution >= 4 is 11.8 Å². The molecule has 0 saturated carbocycles. The molecule has 0 unspecified atom stereocenters. The van der Waals surface area contributed by atoms with E-state index < -0.39 is 5.97 Å². The second-order valence-electron chi connectivity index (χ2n) is 2.30. The Bertz CT molecular complexity index is 293. The van der Waals surface area contributed by atoms with E-state index >= 15 is 0 Å². The molecule has 1 aromatic heterocycles. The van der Waals surface area contributed by atoms with Crippen molar-refractivity contribution < 1.29 is 14.4 Å². The highest BCUT2D eigenvalue weighted by Crippen LogP contribution is 2.17. The molecular weight excluding hydrogens is 160 g/mol. The first-order chi connectivity index (χ1) is 5.66. The molecule has 2 N–H and O–H groups in total. The first-order valence-electron chi connectivity index (χ1n) is 3.60. The number of hydrogen-bond donors (Lipinski definition) is 2.